The number of hydrogen-bond acceptors (Lipinski definition) is 4. The number of aryl methyl sites for hydroxylation is 1. The quantitative estimate of drug-likeness (QED) is 0.368. The third kappa shape index (κ3) is 3.85. The van der Waals surface area contributed by atoms with Crippen molar-refractivity contribution in [3.63, 3.8) is 0 Å². The van der Waals surface area contributed by atoms with Crippen molar-refractivity contribution >= 4 is 11.7 Å². The maximum atomic E-state index is 12.5. The van der Waals surface area contributed by atoms with Crippen LogP contribution in [0.3, 0.4) is 0 Å². The first-order valence-corrected chi connectivity index (χ1v) is 6.33. The van der Waals surface area contributed by atoms with Gasteiger partial charge in [0.2, 0.25) is 5.75 Å². The van der Waals surface area contributed by atoms with E-state index in [1.165, 1.54) is 18.2 Å². The van der Waals surface area contributed by atoms with E-state index in [1.54, 1.807) is 6.92 Å². The molecule has 0 heterocycles. The maximum absolute atomic E-state index is 12.5. The molecule has 0 saturated carbocycles. The second-order valence-electron chi connectivity index (χ2n) is 4.69. The normalized spacial score (nSPS) is 11.1. The fourth-order valence-corrected chi connectivity index (χ4v) is 1.81. The summed E-state index contributed by atoms with van der Waals surface area (Å²) in [6.45, 7) is 1.65. The van der Waals surface area contributed by atoms with Crippen LogP contribution in [0.15, 0.2) is 42.5 Å². The molecule has 2 aromatic carbocycles. The lowest BCUT2D eigenvalue weighted by Crippen LogP contribution is -2.11. The summed E-state index contributed by atoms with van der Waals surface area (Å²) in [7, 11) is 0. The zero-order chi connectivity index (χ0) is 17.2. The number of ether oxygens (including phenoxy) is 1. The molecule has 0 aromatic heterocycles. The molecule has 0 atom stereocenters. The van der Waals surface area contributed by atoms with Gasteiger partial charge >= 0.3 is 17.8 Å². The zero-order valence-electron chi connectivity index (χ0n) is 11.8. The third-order valence-electron chi connectivity index (χ3n) is 2.96. The van der Waals surface area contributed by atoms with Crippen molar-refractivity contribution in [2.24, 2.45) is 0 Å². The molecular formula is C15H10F3NO4. The van der Waals surface area contributed by atoms with Gasteiger partial charge in [0, 0.05) is 6.07 Å². The largest absolute Gasteiger partial charge is 0.416 e. The fourth-order valence-electron chi connectivity index (χ4n) is 1.81. The summed E-state index contributed by atoms with van der Waals surface area (Å²) < 4.78 is 42.3. The van der Waals surface area contributed by atoms with Gasteiger partial charge in [-0.15, -0.1) is 0 Å². The molecule has 2 rings (SSSR count). The molecular weight excluding hydrogens is 315 g/mol. The Morgan fingerprint density at radius 3 is 2.26 bits per heavy atom. The molecule has 0 N–H and O–H groups in total. The lowest BCUT2D eigenvalue weighted by Gasteiger charge is -2.08. The highest BCUT2D eigenvalue weighted by atomic mass is 19.4. The number of rotatable bonds is 3. The van der Waals surface area contributed by atoms with E-state index in [4.69, 9.17) is 4.74 Å². The van der Waals surface area contributed by atoms with Gasteiger partial charge in [0.05, 0.1) is 16.1 Å². The molecule has 2 aromatic rings. The van der Waals surface area contributed by atoms with E-state index in [0.29, 0.717) is 5.56 Å². The van der Waals surface area contributed by atoms with Crippen molar-refractivity contribution in [1.82, 2.24) is 0 Å². The number of carbonyl (C=O) groups excluding carboxylic acids is 1. The number of alkyl halides is 3. The van der Waals surface area contributed by atoms with E-state index in [2.05, 4.69) is 0 Å². The summed E-state index contributed by atoms with van der Waals surface area (Å²) in [5, 5.41) is 10.9. The van der Waals surface area contributed by atoms with E-state index in [1.807, 2.05) is 0 Å². The number of nitro groups is 1. The Hall–Kier alpha value is -2.90. The minimum atomic E-state index is -4.52. The fraction of sp³-hybridized carbons (Fsp3) is 0.133. The van der Waals surface area contributed by atoms with Gasteiger partial charge in [-0.25, -0.2) is 4.79 Å². The average Bonchev–Trinajstić information content (AvgIpc) is 2.46. The number of esters is 1. The van der Waals surface area contributed by atoms with E-state index in [-0.39, 0.29) is 11.3 Å². The maximum Gasteiger partial charge on any atom is 0.416 e. The molecule has 8 heteroatoms. The SMILES string of the molecule is Cc1ccc([N+](=O)[O-])c(OC(=O)c2ccc(C(F)(F)F)cc2)c1. The van der Waals surface area contributed by atoms with Crippen molar-refractivity contribution in [2.45, 2.75) is 13.1 Å². The molecule has 5 nitrogen and oxygen atoms in total. The number of benzene rings is 2. The van der Waals surface area contributed by atoms with Gasteiger partial charge < -0.3 is 4.74 Å². The summed E-state index contributed by atoms with van der Waals surface area (Å²) in [6.07, 6.45) is -4.52. The summed E-state index contributed by atoms with van der Waals surface area (Å²) in [5.74, 6) is -1.24. The van der Waals surface area contributed by atoms with Crippen LogP contribution >= 0.6 is 0 Å². The minimum Gasteiger partial charge on any atom is -0.416 e. The Bertz CT molecular complexity index is 754. The summed E-state index contributed by atoms with van der Waals surface area (Å²) in [5.41, 5.74) is -0.828. The molecule has 0 unspecified atom stereocenters. The molecule has 0 aliphatic carbocycles. The first kappa shape index (κ1) is 16.5. The van der Waals surface area contributed by atoms with E-state index in [0.717, 1.165) is 24.3 Å². The van der Waals surface area contributed by atoms with Gasteiger partial charge in [-0.2, -0.15) is 13.2 Å². The number of halogens is 3. The second-order valence-corrected chi connectivity index (χ2v) is 4.69. The lowest BCUT2D eigenvalue weighted by atomic mass is 10.1. The molecule has 0 fully saturated rings. The molecule has 0 spiro atoms. The van der Waals surface area contributed by atoms with Gasteiger partial charge in [-0.3, -0.25) is 10.1 Å². The van der Waals surface area contributed by atoms with Crippen molar-refractivity contribution < 1.29 is 27.6 Å². The Morgan fingerprint density at radius 2 is 1.74 bits per heavy atom. The highest BCUT2D eigenvalue weighted by molar-refractivity contribution is 5.91. The monoisotopic (exact) mass is 325 g/mol. The predicted octanol–water partition coefficient (Wildman–Crippen LogP) is 4.14. The van der Waals surface area contributed by atoms with Crippen LogP contribution in [0, 0.1) is 17.0 Å². The van der Waals surface area contributed by atoms with Crippen LogP contribution in [0.1, 0.15) is 21.5 Å². The van der Waals surface area contributed by atoms with E-state index in [9.17, 15) is 28.1 Å². The molecule has 23 heavy (non-hydrogen) atoms. The molecule has 0 aliphatic heterocycles. The van der Waals surface area contributed by atoms with Gasteiger partial charge in [0.15, 0.2) is 0 Å². The van der Waals surface area contributed by atoms with Crippen LogP contribution in [0.4, 0.5) is 18.9 Å². The van der Waals surface area contributed by atoms with E-state index < -0.39 is 28.3 Å². The van der Waals surface area contributed by atoms with E-state index >= 15 is 0 Å². The molecule has 0 amide bonds. The number of nitro benzene ring substituents is 1. The van der Waals surface area contributed by atoms with Gasteiger partial charge in [-0.1, -0.05) is 6.07 Å². The first-order valence-electron chi connectivity index (χ1n) is 6.33. The molecule has 120 valence electrons. The number of carbonyl (C=O) groups is 1. The Labute approximate surface area is 128 Å². The van der Waals surface area contributed by atoms with Crippen molar-refractivity contribution in [2.75, 3.05) is 0 Å². The summed E-state index contributed by atoms with van der Waals surface area (Å²) in [4.78, 5) is 22.1. The number of nitrogens with zero attached hydrogens (tertiary/aromatic N) is 1. The Kier molecular flexibility index (Phi) is 4.35. The highest BCUT2D eigenvalue weighted by Gasteiger charge is 2.30. The van der Waals surface area contributed by atoms with Crippen molar-refractivity contribution in [3.8, 4) is 5.75 Å². The predicted molar refractivity (Wildman–Crippen MR) is 74.2 cm³/mol. The lowest BCUT2D eigenvalue weighted by molar-refractivity contribution is -0.385. The van der Waals surface area contributed by atoms with Crippen molar-refractivity contribution in [1.29, 1.82) is 0 Å². The first-order chi connectivity index (χ1) is 10.7. The van der Waals surface area contributed by atoms with Crippen LogP contribution in [-0.2, 0) is 6.18 Å². The average molecular weight is 325 g/mol. The summed E-state index contributed by atoms with van der Waals surface area (Å²) >= 11 is 0. The number of hydrogen-bond donors (Lipinski definition) is 0. The minimum absolute atomic E-state index is 0.145. The van der Waals surface area contributed by atoms with Gasteiger partial charge in [-0.05, 0) is 42.8 Å². The van der Waals surface area contributed by atoms with Gasteiger partial charge in [0.1, 0.15) is 0 Å². The molecule has 0 radical (unpaired) electrons. The molecule has 0 bridgehead atoms. The molecule has 0 aliphatic rings. The van der Waals surface area contributed by atoms with Crippen LogP contribution < -0.4 is 4.74 Å². The smallest absolute Gasteiger partial charge is 0.416 e. The van der Waals surface area contributed by atoms with Crippen LogP contribution in [0.2, 0.25) is 0 Å². The standard InChI is InChI=1S/C15H10F3NO4/c1-9-2-7-12(19(21)22)13(8-9)23-14(20)10-3-5-11(6-4-10)15(16,17)18/h2-8H,1H3. The summed E-state index contributed by atoms with van der Waals surface area (Å²) in [6, 6.07) is 7.35. The zero-order valence-corrected chi connectivity index (χ0v) is 11.8. The third-order valence-corrected chi connectivity index (χ3v) is 2.96. The second kappa shape index (κ2) is 6.07. The topological polar surface area (TPSA) is 69.4 Å². The van der Waals surface area contributed by atoms with Crippen molar-refractivity contribution in [3.05, 3.63) is 69.3 Å². The van der Waals surface area contributed by atoms with Crippen LogP contribution in [0.25, 0.3) is 0 Å². The van der Waals surface area contributed by atoms with Crippen LogP contribution in [0.5, 0.6) is 5.75 Å². The van der Waals surface area contributed by atoms with Gasteiger partial charge in [0.25, 0.3) is 0 Å². The van der Waals surface area contributed by atoms with Crippen LogP contribution in [-0.4, -0.2) is 10.9 Å². The Morgan fingerprint density at radius 1 is 1.13 bits per heavy atom. The molecule has 0 saturated heterocycles. The Balaban J connectivity index is 2.26. The highest BCUT2D eigenvalue weighted by Crippen LogP contribution is 2.30.